The molecular weight excluding hydrogens is 347 g/mol. The molecule has 0 bridgehead atoms. The van der Waals surface area contributed by atoms with Crippen LogP contribution in [0.3, 0.4) is 0 Å². The number of nitrogens with zero attached hydrogens (tertiary/aromatic N) is 1. The average molecular weight is 365 g/mol. The zero-order valence-electron chi connectivity index (χ0n) is 14.2. The van der Waals surface area contributed by atoms with Crippen LogP contribution in [0.4, 0.5) is 18.9 Å². The molecule has 0 fully saturated rings. The molecule has 1 heterocycles. The zero-order chi connectivity index (χ0) is 19.3. The highest BCUT2D eigenvalue weighted by Gasteiger charge is 2.30. The smallest absolute Gasteiger partial charge is 0.350 e. The third-order valence-corrected chi connectivity index (χ3v) is 3.40. The Labute approximate surface area is 148 Å². The van der Waals surface area contributed by atoms with Crippen LogP contribution in [0.2, 0.25) is 0 Å². The first-order chi connectivity index (χ1) is 12.2. The van der Waals surface area contributed by atoms with Gasteiger partial charge in [-0.3, -0.25) is 14.6 Å². The van der Waals surface area contributed by atoms with Gasteiger partial charge in [-0.1, -0.05) is 13.8 Å². The molecule has 5 nitrogen and oxygen atoms in total. The average Bonchev–Trinajstić information content (AvgIpc) is 2.59. The normalized spacial score (nSPS) is 11.3. The van der Waals surface area contributed by atoms with Crippen molar-refractivity contribution in [2.45, 2.75) is 20.0 Å². The van der Waals surface area contributed by atoms with Crippen LogP contribution < -0.4 is 10.6 Å². The summed E-state index contributed by atoms with van der Waals surface area (Å²) in [5.74, 6) is -0.682. The van der Waals surface area contributed by atoms with Crippen molar-refractivity contribution in [2.75, 3.05) is 11.9 Å². The lowest BCUT2D eigenvalue weighted by molar-refractivity contribution is -0.137. The quantitative estimate of drug-likeness (QED) is 0.848. The van der Waals surface area contributed by atoms with E-state index in [2.05, 4.69) is 15.6 Å². The molecule has 2 amide bonds. The van der Waals surface area contributed by atoms with Crippen LogP contribution in [-0.4, -0.2) is 23.3 Å². The molecule has 0 aliphatic carbocycles. The number of carbonyl (C=O) groups is 2. The molecule has 26 heavy (non-hydrogen) atoms. The van der Waals surface area contributed by atoms with Gasteiger partial charge in [0, 0.05) is 24.0 Å². The Hall–Kier alpha value is -2.90. The molecule has 2 rings (SSSR count). The summed E-state index contributed by atoms with van der Waals surface area (Å²) in [7, 11) is 0. The number of halogens is 3. The number of rotatable bonds is 5. The highest BCUT2D eigenvalue weighted by atomic mass is 19.4. The number of pyridine rings is 1. The van der Waals surface area contributed by atoms with Crippen LogP contribution in [0, 0.1) is 5.92 Å². The van der Waals surface area contributed by atoms with E-state index in [0.717, 1.165) is 24.3 Å². The summed E-state index contributed by atoms with van der Waals surface area (Å²) >= 11 is 0. The maximum absolute atomic E-state index is 12.5. The molecule has 2 N–H and O–H groups in total. The standard InChI is InChI=1S/C18H18F3N3O2/c1-11(2)10-23-17(26)15-9-12(7-8-22-15)16(25)24-14-5-3-13(4-6-14)18(19,20)21/h3-9,11H,10H2,1-2H3,(H,23,26)(H,24,25). The Morgan fingerprint density at radius 2 is 1.73 bits per heavy atom. The van der Waals surface area contributed by atoms with Crippen LogP contribution in [-0.2, 0) is 6.18 Å². The van der Waals surface area contributed by atoms with Crippen LogP contribution in [0.15, 0.2) is 42.6 Å². The number of carbonyl (C=O) groups excluding carboxylic acids is 2. The number of amides is 2. The van der Waals surface area contributed by atoms with Gasteiger partial charge < -0.3 is 10.6 Å². The summed E-state index contributed by atoms with van der Waals surface area (Å²) in [6.45, 7) is 4.37. The van der Waals surface area contributed by atoms with Gasteiger partial charge in [-0.15, -0.1) is 0 Å². The van der Waals surface area contributed by atoms with Crippen LogP contribution in [0.25, 0.3) is 0 Å². The molecule has 0 aliphatic heterocycles. The van der Waals surface area contributed by atoms with Gasteiger partial charge in [0.1, 0.15) is 5.69 Å². The minimum atomic E-state index is -4.44. The van der Waals surface area contributed by atoms with Crippen LogP contribution in [0.1, 0.15) is 40.3 Å². The first-order valence-corrected chi connectivity index (χ1v) is 7.89. The Morgan fingerprint density at radius 3 is 2.31 bits per heavy atom. The molecule has 0 saturated carbocycles. The number of nitrogens with one attached hydrogen (secondary N) is 2. The molecule has 1 aromatic carbocycles. The molecule has 0 atom stereocenters. The lowest BCUT2D eigenvalue weighted by atomic mass is 10.1. The van der Waals surface area contributed by atoms with E-state index in [-0.39, 0.29) is 22.9 Å². The van der Waals surface area contributed by atoms with E-state index in [1.165, 1.54) is 18.3 Å². The van der Waals surface area contributed by atoms with Gasteiger partial charge in [0.05, 0.1) is 5.56 Å². The second-order valence-corrected chi connectivity index (χ2v) is 6.06. The molecule has 0 aliphatic rings. The van der Waals surface area contributed by atoms with E-state index < -0.39 is 23.6 Å². The van der Waals surface area contributed by atoms with Gasteiger partial charge in [-0.05, 0) is 42.3 Å². The fourth-order valence-electron chi connectivity index (χ4n) is 2.03. The fourth-order valence-corrected chi connectivity index (χ4v) is 2.03. The molecule has 138 valence electrons. The molecular formula is C18H18F3N3O2. The maximum Gasteiger partial charge on any atom is 0.416 e. The second kappa shape index (κ2) is 7.99. The summed E-state index contributed by atoms with van der Waals surface area (Å²) in [6, 6.07) is 6.84. The minimum absolute atomic E-state index is 0.0886. The fraction of sp³-hybridized carbons (Fsp3) is 0.278. The lowest BCUT2D eigenvalue weighted by Gasteiger charge is -2.10. The van der Waals surface area contributed by atoms with Crippen LogP contribution >= 0.6 is 0 Å². The summed E-state index contributed by atoms with van der Waals surface area (Å²) in [5, 5.41) is 5.18. The Balaban J connectivity index is 2.08. The van der Waals surface area contributed by atoms with Crippen molar-refractivity contribution in [3.8, 4) is 0 Å². The van der Waals surface area contributed by atoms with Crippen molar-refractivity contribution in [3.63, 3.8) is 0 Å². The molecule has 8 heteroatoms. The minimum Gasteiger partial charge on any atom is -0.350 e. The van der Waals surface area contributed by atoms with E-state index in [0.29, 0.717) is 6.54 Å². The maximum atomic E-state index is 12.5. The molecule has 2 aromatic rings. The largest absolute Gasteiger partial charge is 0.416 e. The molecule has 0 spiro atoms. The predicted molar refractivity (Wildman–Crippen MR) is 90.8 cm³/mol. The van der Waals surface area contributed by atoms with Gasteiger partial charge in [-0.2, -0.15) is 13.2 Å². The SMILES string of the molecule is CC(C)CNC(=O)c1cc(C(=O)Nc2ccc(C(F)(F)F)cc2)ccn1. The van der Waals surface area contributed by atoms with Crippen LogP contribution in [0.5, 0.6) is 0 Å². The Bertz CT molecular complexity index is 787. The molecule has 0 radical (unpaired) electrons. The zero-order valence-corrected chi connectivity index (χ0v) is 14.2. The number of anilines is 1. The van der Waals surface area contributed by atoms with Crippen molar-refractivity contribution in [1.82, 2.24) is 10.3 Å². The summed E-state index contributed by atoms with van der Waals surface area (Å²) in [4.78, 5) is 28.2. The van der Waals surface area contributed by atoms with Gasteiger partial charge in [0.25, 0.3) is 11.8 Å². The van der Waals surface area contributed by atoms with E-state index in [9.17, 15) is 22.8 Å². The van der Waals surface area contributed by atoms with Gasteiger partial charge in [-0.25, -0.2) is 0 Å². The third-order valence-electron chi connectivity index (χ3n) is 3.40. The third kappa shape index (κ3) is 5.30. The summed E-state index contributed by atoms with van der Waals surface area (Å²) < 4.78 is 37.6. The summed E-state index contributed by atoms with van der Waals surface area (Å²) in [6.07, 6.45) is -3.11. The van der Waals surface area contributed by atoms with E-state index in [1.807, 2.05) is 13.8 Å². The number of benzene rings is 1. The van der Waals surface area contributed by atoms with Gasteiger partial charge in [0.15, 0.2) is 0 Å². The lowest BCUT2D eigenvalue weighted by Crippen LogP contribution is -2.28. The van der Waals surface area contributed by atoms with E-state index in [1.54, 1.807) is 0 Å². The first kappa shape index (κ1) is 19.4. The van der Waals surface area contributed by atoms with Crippen molar-refractivity contribution in [1.29, 1.82) is 0 Å². The number of hydrogen-bond donors (Lipinski definition) is 2. The van der Waals surface area contributed by atoms with Crippen molar-refractivity contribution < 1.29 is 22.8 Å². The number of aromatic nitrogens is 1. The number of alkyl halides is 3. The monoisotopic (exact) mass is 365 g/mol. The van der Waals surface area contributed by atoms with Crippen molar-refractivity contribution >= 4 is 17.5 Å². The molecule has 0 unspecified atom stereocenters. The predicted octanol–water partition coefficient (Wildman–Crippen LogP) is 3.74. The van der Waals surface area contributed by atoms with Crippen molar-refractivity contribution in [2.24, 2.45) is 5.92 Å². The van der Waals surface area contributed by atoms with Gasteiger partial charge in [0.2, 0.25) is 0 Å². The van der Waals surface area contributed by atoms with E-state index in [4.69, 9.17) is 0 Å². The highest BCUT2D eigenvalue weighted by Crippen LogP contribution is 2.29. The van der Waals surface area contributed by atoms with Gasteiger partial charge >= 0.3 is 6.18 Å². The molecule has 0 saturated heterocycles. The first-order valence-electron chi connectivity index (χ1n) is 7.89. The summed E-state index contributed by atoms with van der Waals surface area (Å²) in [5.41, 5.74) is -0.325. The Morgan fingerprint density at radius 1 is 1.08 bits per heavy atom. The number of hydrogen-bond acceptors (Lipinski definition) is 3. The highest BCUT2D eigenvalue weighted by molar-refractivity contribution is 6.05. The Kier molecular flexibility index (Phi) is 5.97. The molecule has 1 aromatic heterocycles. The van der Waals surface area contributed by atoms with E-state index >= 15 is 0 Å². The van der Waals surface area contributed by atoms with Crippen molar-refractivity contribution in [3.05, 3.63) is 59.4 Å². The topological polar surface area (TPSA) is 71.1 Å². The second-order valence-electron chi connectivity index (χ2n) is 6.06.